The first-order chi connectivity index (χ1) is 16.7. The normalized spacial score (nSPS) is 14.2. The lowest BCUT2D eigenvalue weighted by Gasteiger charge is -2.18. The van der Waals surface area contributed by atoms with Crippen molar-refractivity contribution in [2.45, 2.75) is 19.9 Å². The number of allylic oxidation sites excluding steroid dienone is 1. The molecule has 0 bridgehead atoms. The summed E-state index contributed by atoms with van der Waals surface area (Å²) in [7, 11) is 4.47. The summed E-state index contributed by atoms with van der Waals surface area (Å²) in [6.45, 7) is 2.99. The Morgan fingerprint density at radius 1 is 1.06 bits per heavy atom. The van der Waals surface area contributed by atoms with E-state index in [9.17, 15) is 19.5 Å². The second kappa shape index (κ2) is 10.8. The fourth-order valence-electron chi connectivity index (χ4n) is 3.51. The maximum absolute atomic E-state index is 12.9. The van der Waals surface area contributed by atoms with Crippen LogP contribution in [0.2, 0.25) is 0 Å². The average molecular weight is 485 g/mol. The number of carbonyl (C=O) groups is 3. The minimum atomic E-state index is -1.12. The molecule has 0 fully saturated rings. The quantitative estimate of drug-likeness (QED) is 0.488. The smallest absolute Gasteiger partial charge is 0.326 e. The number of carboxylic acids is 1. The molecular weight excluding hydrogens is 458 g/mol. The Hall–Kier alpha value is -4.21. The molecule has 0 aromatic heterocycles. The molecule has 1 atom stereocenters. The molecule has 2 N–H and O–H groups in total. The Morgan fingerprint density at radius 3 is 2.37 bits per heavy atom. The first-order valence-electron chi connectivity index (χ1n) is 10.7. The molecule has 0 radical (unpaired) electrons. The summed E-state index contributed by atoms with van der Waals surface area (Å²) in [5.74, 6) is -0.464. The second-order valence-electron chi connectivity index (χ2n) is 7.94. The van der Waals surface area contributed by atoms with Crippen molar-refractivity contribution in [3.63, 3.8) is 0 Å². The number of carboxylic acid groups (broad SMARTS) is 1. The van der Waals surface area contributed by atoms with E-state index in [4.69, 9.17) is 23.7 Å². The van der Waals surface area contributed by atoms with Crippen molar-refractivity contribution in [1.29, 1.82) is 0 Å². The van der Waals surface area contributed by atoms with Crippen LogP contribution >= 0.6 is 0 Å². The van der Waals surface area contributed by atoms with E-state index < -0.39 is 24.5 Å². The summed E-state index contributed by atoms with van der Waals surface area (Å²) in [5.41, 5.74) is 0.880. The van der Waals surface area contributed by atoms with Gasteiger partial charge in [0.15, 0.2) is 23.9 Å². The third kappa shape index (κ3) is 5.48. The number of ether oxygens (including phenoxy) is 5. The van der Waals surface area contributed by atoms with Gasteiger partial charge in [0.25, 0.3) is 5.91 Å². The van der Waals surface area contributed by atoms with Crippen LogP contribution < -0.4 is 29.0 Å². The molecule has 2 aromatic rings. The minimum absolute atomic E-state index is 0.0710. The monoisotopic (exact) mass is 485 g/mol. The Kier molecular flexibility index (Phi) is 7.85. The zero-order chi connectivity index (χ0) is 25.7. The van der Waals surface area contributed by atoms with Crippen LogP contribution in [-0.2, 0) is 9.59 Å². The van der Waals surface area contributed by atoms with Crippen LogP contribution in [0.3, 0.4) is 0 Å². The highest BCUT2D eigenvalue weighted by Crippen LogP contribution is 2.42. The van der Waals surface area contributed by atoms with E-state index in [0.29, 0.717) is 28.4 Å². The number of methoxy groups -OCH3 is 3. The maximum Gasteiger partial charge on any atom is 0.326 e. The van der Waals surface area contributed by atoms with Gasteiger partial charge in [-0.3, -0.25) is 9.59 Å². The van der Waals surface area contributed by atoms with E-state index in [2.05, 4.69) is 5.32 Å². The van der Waals surface area contributed by atoms with Crippen molar-refractivity contribution in [1.82, 2.24) is 5.32 Å². The van der Waals surface area contributed by atoms with Crippen LogP contribution in [0.1, 0.15) is 29.8 Å². The molecule has 0 saturated heterocycles. The van der Waals surface area contributed by atoms with Crippen molar-refractivity contribution in [3.8, 4) is 28.7 Å². The van der Waals surface area contributed by atoms with E-state index >= 15 is 0 Å². The molecule has 1 amide bonds. The molecule has 0 saturated carbocycles. The molecule has 2 aromatic carbocycles. The molecule has 3 rings (SSSR count). The van der Waals surface area contributed by atoms with Gasteiger partial charge in [-0.05, 0) is 36.3 Å². The molecule has 1 unspecified atom stereocenters. The number of benzene rings is 2. The minimum Gasteiger partial charge on any atom is -0.493 e. The number of ketones is 1. The summed E-state index contributed by atoms with van der Waals surface area (Å²) < 4.78 is 27.3. The molecule has 1 aliphatic heterocycles. The fourth-order valence-corrected chi connectivity index (χ4v) is 3.51. The first-order valence-corrected chi connectivity index (χ1v) is 10.7. The predicted octanol–water partition coefficient (Wildman–Crippen LogP) is 2.93. The van der Waals surface area contributed by atoms with Gasteiger partial charge < -0.3 is 34.1 Å². The summed E-state index contributed by atoms with van der Waals surface area (Å²) in [4.78, 5) is 36.2. The van der Waals surface area contributed by atoms with E-state index in [1.165, 1.54) is 45.6 Å². The fraction of sp³-hybridized carbons (Fsp3) is 0.320. The number of amides is 1. The van der Waals surface area contributed by atoms with Crippen molar-refractivity contribution in [3.05, 3.63) is 47.2 Å². The van der Waals surface area contributed by atoms with Gasteiger partial charge in [0.1, 0.15) is 17.5 Å². The van der Waals surface area contributed by atoms with Crippen LogP contribution in [0, 0.1) is 5.92 Å². The number of aliphatic carboxylic acids is 1. The number of nitrogens with one attached hydrogen (secondary N) is 1. The Morgan fingerprint density at radius 2 is 1.77 bits per heavy atom. The van der Waals surface area contributed by atoms with Crippen LogP contribution in [0.25, 0.3) is 6.08 Å². The topological polar surface area (TPSA) is 130 Å². The maximum atomic E-state index is 12.9. The van der Waals surface area contributed by atoms with Crippen LogP contribution in [0.4, 0.5) is 0 Å². The zero-order valence-corrected chi connectivity index (χ0v) is 20.0. The second-order valence-corrected chi connectivity index (χ2v) is 7.94. The lowest BCUT2D eigenvalue weighted by atomic mass is 10.1. The molecule has 0 aliphatic carbocycles. The van der Waals surface area contributed by atoms with Crippen molar-refractivity contribution < 1.29 is 43.2 Å². The van der Waals surface area contributed by atoms with Gasteiger partial charge in [-0.15, -0.1) is 0 Å². The van der Waals surface area contributed by atoms with Gasteiger partial charge in [0, 0.05) is 11.6 Å². The summed E-state index contributed by atoms with van der Waals surface area (Å²) in [5, 5.41) is 11.6. The molecule has 1 aliphatic rings. The number of hydrogen-bond donors (Lipinski definition) is 2. The molecule has 0 spiro atoms. The van der Waals surface area contributed by atoms with Gasteiger partial charge in [0.05, 0.1) is 26.9 Å². The van der Waals surface area contributed by atoms with E-state index in [1.54, 1.807) is 26.0 Å². The lowest BCUT2D eigenvalue weighted by molar-refractivity contribution is -0.143. The summed E-state index contributed by atoms with van der Waals surface area (Å²) in [6, 6.07) is 6.93. The number of rotatable bonds is 10. The van der Waals surface area contributed by atoms with Crippen LogP contribution in [0.5, 0.6) is 28.7 Å². The first kappa shape index (κ1) is 25.4. The van der Waals surface area contributed by atoms with Crippen LogP contribution in [0.15, 0.2) is 36.1 Å². The Labute approximate surface area is 202 Å². The lowest BCUT2D eigenvalue weighted by Crippen LogP contribution is -2.46. The van der Waals surface area contributed by atoms with Crippen molar-refractivity contribution in [2.24, 2.45) is 5.92 Å². The number of hydrogen-bond acceptors (Lipinski definition) is 8. The molecule has 35 heavy (non-hydrogen) atoms. The molecular formula is C25H27NO9. The van der Waals surface area contributed by atoms with Gasteiger partial charge in [-0.2, -0.15) is 0 Å². The highest BCUT2D eigenvalue weighted by molar-refractivity contribution is 6.14. The molecule has 10 nitrogen and oxygen atoms in total. The van der Waals surface area contributed by atoms with E-state index in [0.717, 1.165) is 0 Å². The molecule has 186 valence electrons. The number of Topliss-reactive ketones (excluding diaryl/α,β-unsaturated/α-hetero) is 1. The Bertz CT molecular complexity index is 1170. The van der Waals surface area contributed by atoms with E-state index in [-0.39, 0.29) is 29.0 Å². The molecule has 10 heteroatoms. The van der Waals surface area contributed by atoms with Crippen molar-refractivity contribution >= 4 is 23.7 Å². The largest absolute Gasteiger partial charge is 0.493 e. The number of fused-ring (bicyclic) bond motifs is 1. The van der Waals surface area contributed by atoms with Crippen LogP contribution in [-0.4, -0.2) is 56.7 Å². The van der Waals surface area contributed by atoms with E-state index in [1.807, 2.05) is 0 Å². The van der Waals surface area contributed by atoms with Crippen molar-refractivity contribution in [2.75, 3.05) is 27.9 Å². The van der Waals surface area contributed by atoms with Gasteiger partial charge in [0.2, 0.25) is 11.5 Å². The SMILES string of the molecule is COc1ccc(C=C2Oc3cc(OCC(=O)NC(C(=O)O)C(C)C)ccc3C2=O)c(OC)c1OC. The third-order valence-electron chi connectivity index (χ3n) is 5.28. The summed E-state index contributed by atoms with van der Waals surface area (Å²) >= 11 is 0. The zero-order valence-electron chi connectivity index (χ0n) is 20.0. The van der Waals surface area contributed by atoms with Gasteiger partial charge >= 0.3 is 5.97 Å². The Balaban J connectivity index is 1.76. The molecule has 1 heterocycles. The highest BCUT2D eigenvalue weighted by Gasteiger charge is 2.29. The van der Waals surface area contributed by atoms with Gasteiger partial charge in [-0.25, -0.2) is 4.79 Å². The highest BCUT2D eigenvalue weighted by atomic mass is 16.5. The standard InChI is InChI=1S/C25H27NO9/c1-13(2)21(25(29)30)26-20(27)12-34-15-7-8-16-18(11-15)35-19(22(16)28)10-14-6-9-17(31-3)24(33-5)23(14)32-4/h6-11,13,21H,12H2,1-5H3,(H,26,27)(H,29,30). The predicted molar refractivity (Wildman–Crippen MR) is 125 cm³/mol. The third-order valence-corrected chi connectivity index (χ3v) is 5.28. The summed E-state index contributed by atoms with van der Waals surface area (Å²) in [6.07, 6.45) is 1.54. The number of carbonyl (C=O) groups excluding carboxylic acids is 2. The average Bonchev–Trinajstić information content (AvgIpc) is 3.14. The van der Waals surface area contributed by atoms with Gasteiger partial charge in [-0.1, -0.05) is 13.8 Å².